The Morgan fingerprint density at radius 1 is 0.950 bits per heavy atom. The van der Waals surface area contributed by atoms with Crippen molar-refractivity contribution in [1.82, 2.24) is 0 Å². The van der Waals surface area contributed by atoms with Crippen LogP contribution in [0.15, 0.2) is 51.7 Å². The van der Waals surface area contributed by atoms with Crippen molar-refractivity contribution in [3.63, 3.8) is 0 Å². The molecule has 0 aliphatic heterocycles. The van der Waals surface area contributed by atoms with Crippen molar-refractivity contribution in [2.24, 2.45) is 0 Å². The molecule has 2 N–H and O–H groups in total. The van der Waals surface area contributed by atoms with E-state index in [1.165, 1.54) is 36.4 Å². The molecule has 5 heteroatoms. The predicted molar refractivity (Wildman–Crippen MR) is 71.2 cm³/mol. The highest BCUT2D eigenvalue weighted by atomic mass is 19.1. The van der Waals surface area contributed by atoms with Crippen LogP contribution in [0.5, 0.6) is 11.5 Å². The second-order valence-corrected chi connectivity index (χ2v) is 4.30. The second-order valence-electron chi connectivity index (χ2n) is 4.30. The summed E-state index contributed by atoms with van der Waals surface area (Å²) in [5.74, 6) is -1.34. The van der Waals surface area contributed by atoms with E-state index in [1.54, 1.807) is 0 Å². The molecule has 0 aliphatic rings. The van der Waals surface area contributed by atoms with Crippen LogP contribution < -0.4 is 5.43 Å². The number of aromatic hydroxyl groups is 2. The Kier molecular flexibility index (Phi) is 2.68. The summed E-state index contributed by atoms with van der Waals surface area (Å²) in [7, 11) is 0. The summed E-state index contributed by atoms with van der Waals surface area (Å²) in [4.78, 5) is 11.9. The number of phenols is 2. The van der Waals surface area contributed by atoms with Gasteiger partial charge in [0.25, 0.3) is 0 Å². The van der Waals surface area contributed by atoms with Crippen LogP contribution in [-0.2, 0) is 0 Å². The van der Waals surface area contributed by atoms with Gasteiger partial charge in [0, 0.05) is 5.56 Å². The number of fused-ring (bicyclic) bond motifs is 1. The van der Waals surface area contributed by atoms with E-state index >= 15 is 0 Å². The zero-order valence-corrected chi connectivity index (χ0v) is 10.1. The molecule has 0 saturated heterocycles. The lowest BCUT2D eigenvalue weighted by molar-refractivity contribution is 0.474. The Bertz CT molecular complexity index is 850. The van der Waals surface area contributed by atoms with Crippen LogP contribution in [0.2, 0.25) is 0 Å². The third-order valence-electron chi connectivity index (χ3n) is 2.95. The summed E-state index contributed by atoms with van der Waals surface area (Å²) >= 11 is 0. The average molecular weight is 272 g/mol. The van der Waals surface area contributed by atoms with Gasteiger partial charge in [-0.3, -0.25) is 4.79 Å². The lowest BCUT2D eigenvalue weighted by Crippen LogP contribution is -2.08. The van der Waals surface area contributed by atoms with E-state index in [4.69, 9.17) is 4.42 Å². The zero-order chi connectivity index (χ0) is 14.3. The van der Waals surface area contributed by atoms with Crippen molar-refractivity contribution < 1.29 is 19.0 Å². The number of hydrogen-bond donors (Lipinski definition) is 2. The average Bonchev–Trinajstić information content (AvgIpc) is 2.44. The number of rotatable bonds is 1. The molecule has 0 aliphatic carbocycles. The van der Waals surface area contributed by atoms with Gasteiger partial charge >= 0.3 is 0 Å². The minimum absolute atomic E-state index is 0.0231. The largest absolute Gasteiger partial charge is 0.508 e. The van der Waals surface area contributed by atoms with E-state index in [2.05, 4.69) is 0 Å². The molecule has 0 saturated carbocycles. The van der Waals surface area contributed by atoms with Gasteiger partial charge in [-0.1, -0.05) is 0 Å². The fourth-order valence-corrected chi connectivity index (χ4v) is 1.96. The van der Waals surface area contributed by atoms with E-state index < -0.39 is 11.2 Å². The first-order chi connectivity index (χ1) is 9.56. The van der Waals surface area contributed by atoms with E-state index in [1.807, 2.05) is 0 Å². The van der Waals surface area contributed by atoms with Crippen LogP contribution in [0, 0.1) is 5.82 Å². The fraction of sp³-hybridized carbons (Fsp3) is 0. The third kappa shape index (κ3) is 1.89. The van der Waals surface area contributed by atoms with Gasteiger partial charge in [-0.2, -0.15) is 4.39 Å². The maximum atomic E-state index is 14.1. The summed E-state index contributed by atoms with van der Waals surface area (Å²) in [6.07, 6.45) is 0. The molecule has 0 unspecified atom stereocenters. The monoisotopic (exact) mass is 272 g/mol. The second kappa shape index (κ2) is 4.38. The van der Waals surface area contributed by atoms with Crippen molar-refractivity contribution >= 4 is 11.0 Å². The summed E-state index contributed by atoms with van der Waals surface area (Å²) in [5, 5.41) is 18.5. The van der Waals surface area contributed by atoms with Crippen LogP contribution >= 0.6 is 0 Å². The van der Waals surface area contributed by atoms with Crippen molar-refractivity contribution in [3.8, 4) is 22.8 Å². The quantitative estimate of drug-likeness (QED) is 0.714. The molecule has 0 atom stereocenters. The smallest absolute Gasteiger partial charge is 0.229 e. The molecule has 3 rings (SSSR count). The Labute approximate surface area is 112 Å². The molecular formula is C15H9FO4. The molecule has 0 bridgehead atoms. The molecular weight excluding hydrogens is 263 g/mol. The molecule has 0 amide bonds. The standard InChI is InChI=1S/C15H9FO4/c16-13-14(19)11-7-10(18)5-6-12(11)20-15(13)8-1-3-9(17)4-2-8/h1-7,17-18H. The van der Waals surface area contributed by atoms with E-state index in [0.717, 1.165) is 6.07 Å². The van der Waals surface area contributed by atoms with Crippen LogP contribution in [0.1, 0.15) is 0 Å². The molecule has 2 aromatic carbocycles. The summed E-state index contributed by atoms with van der Waals surface area (Å²) in [6.45, 7) is 0. The molecule has 100 valence electrons. The Morgan fingerprint density at radius 2 is 1.60 bits per heavy atom. The molecule has 4 nitrogen and oxygen atoms in total. The summed E-state index contributed by atoms with van der Waals surface area (Å²) in [6, 6.07) is 9.54. The molecule has 0 radical (unpaired) electrons. The molecule has 1 aromatic heterocycles. The molecule has 20 heavy (non-hydrogen) atoms. The summed E-state index contributed by atoms with van der Waals surface area (Å²) < 4.78 is 19.5. The van der Waals surface area contributed by atoms with Gasteiger partial charge in [0.1, 0.15) is 17.1 Å². The van der Waals surface area contributed by atoms with Gasteiger partial charge in [-0.25, -0.2) is 0 Å². The maximum absolute atomic E-state index is 14.1. The maximum Gasteiger partial charge on any atom is 0.229 e. The Balaban J connectivity index is 2.32. The molecule has 0 fully saturated rings. The normalized spacial score (nSPS) is 10.8. The number of phenolic OH excluding ortho intramolecular Hbond substituents is 2. The van der Waals surface area contributed by atoms with Gasteiger partial charge in [-0.15, -0.1) is 0 Å². The van der Waals surface area contributed by atoms with Crippen molar-refractivity contribution in [3.05, 3.63) is 58.5 Å². The number of benzene rings is 2. The first-order valence-electron chi connectivity index (χ1n) is 5.81. The SMILES string of the molecule is O=c1c(F)c(-c2ccc(O)cc2)oc2ccc(O)cc12. The van der Waals surface area contributed by atoms with Crippen LogP contribution in [0.25, 0.3) is 22.3 Å². The van der Waals surface area contributed by atoms with Gasteiger partial charge in [0.05, 0.1) is 5.39 Å². The Morgan fingerprint density at radius 3 is 2.30 bits per heavy atom. The molecule has 0 spiro atoms. The zero-order valence-electron chi connectivity index (χ0n) is 10.1. The van der Waals surface area contributed by atoms with Crippen molar-refractivity contribution in [2.45, 2.75) is 0 Å². The third-order valence-corrected chi connectivity index (χ3v) is 2.95. The van der Waals surface area contributed by atoms with E-state index in [0.29, 0.717) is 5.56 Å². The first-order valence-corrected chi connectivity index (χ1v) is 5.81. The highest BCUT2D eigenvalue weighted by Crippen LogP contribution is 2.27. The van der Waals surface area contributed by atoms with E-state index in [-0.39, 0.29) is 28.2 Å². The molecule has 3 aromatic rings. The van der Waals surface area contributed by atoms with E-state index in [9.17, 15) is 19.4 Å². The highest BCUT2D eigenvalue weighted by Gasteiger charge is 2.16. The van der Waals surface area contributed by atoms with Crippen molar-refractivity contribution in [1.29, 1.82) is 0 Å². The van der Waals surface area contributed by atoms with Gasteiger partial charge in [0.2, 0.25) is 11.2 Å². The lowest BCUT2D eigenvalue weighted by atomic mass is 10.1. The van der Waals surface area contributed by atoms with Gasteiger partial charge < -0.3 is 14.6 Å². The van der Waals surface area contributed by atoms with Crippen LogP contribution in [0.3, 0.4) is 0 Å². The first kappa shape index (κ1) is 12.2. The lowest BCUT2D eigenvalue weighted by Gasteiger charge is -2.05. The minimum Gasteiger partial charge on any atom is -0.508 e. The van der Waals surface area contributed by atoms with Gasteiger partial charge in [0.15, 0.2) is 5.76 Å². The fourth-order valence-electron chi connectivity index (χ4n) is 1.96. The predicted octanol–water partition coefficient (Wildman–Crippen LogP) is 3.01. The summed E-state index contributed by atoms with van der Waals surface area (Å²) in [5.41, 5.74) is -0.324. The van der Waals surface area contributed by atoms with Gasteiger partial charge in [-0.05, 0) is 42.5 Å². The van der Waals surface area contributed by atoms with Crippen molar-refractivity contribution in [2.75, 3.05) is 0 Å². The number of hydrogen-bond acceptors (Lipinski definition) is 4. The molecule has 1 heterocycles. The Hall–Kier alpha value is -2.82. The topological polar surface area (TPSA) is 70.7 Å². The minimum atomic E-state index is -1.03. The number of halogens is 1. The van der Waals surface area contributed by atoms with Crippen LogP contribution in [0.4, 0.5) is 4.39 Å². The highest BCUT2D eigenvalue weighted by molar-refractivity contribution is 5.80. The van der Waals surface area contributed by atoms with Crippen LogP contribution in [-0.4, -0.2) is 10.2 Å².